The van der Waals surface area contributed by atoms with Crippen LogP contribution in [0, 0.1) is 0 Å². The molecule has 3 rings (SSSR count). The topological polar surface area (TPSA) is 93.5 Å². The lowest BCUT2D eigenvalue weighted by atomic mass is 9.92. The van der Waals surface area contributed by atoms with E-state index in [0.717, 1.165) is 25.7 Å². The number of carbonyl (C=O) groups is 3. The maximum atomic E-state index is 13.2. The number of hydrogen-bond donors (Lipinski definition) is 1. The van der Waals surface area contributed by atoms with Crippen LogP contribution in [0.5, 0.6) is 0 Å². The first kappa shape index (κ1) is 18.4. The smallest absolute Gasteiger partial charge is 0.359 e. The van der Waals surface area contributed by atoms with Crippen LogP contribution in [-0.4, -0.2) is 57.0 Å². The van der Waals surface area contributed by atoms with Gasteiger partial charge in [0, 0.05) is 12.1 Å². The number of nitrogens with one attached hydrogen (secondary N) is 1. The van der Waals surface area contributed by atoms with Gasteiger partial charge in [-0.2, -0.15) is 0 Å². The van der Waals surface area contributed by atoms with Gasteiger partial charge in [-0.1, -0.05) is 12.8 Å². The highest BCUT2D eigenvalue weighted by Gasteiger charge is 2.50. The minimum Gasteiger partial charge on any atom is -0.464 e. The number of imidazole rings is 1. The summed E-state index contributed by atoms with van der Waals surface area (Å²) in [4.78, 5) is 43.9. The number of ether oxygens (including phenoxy) is 1. The summed E-state index contributed by atoms with van der Waals surface area (Å²) in [6.45, 7) is 5.75. The van der Waals surface area contributed by atoms with Gasteiger partial charge in [-0.15, -0.1) is 0 Å². The highest BCUT2D eigenvalue weighted by atomic mass is 16.5. The summed E-state index contributed by atoms with van der Waals surface area (Å²) >= 11 is 0. The number of rotatable bonds is 4. The Morgan fingerprint density at radius 1 is 1.35 bits per heavy atom. The highest BCUT2D eigenvalue weighted by molar-refractivity contribution is 6.06. The fourth-order valence-electron chi connectivity index (χ4n) is 4.12. The van der Waals surface area contributed by atoms with E-state index in [1.807, 2.05) is 13.8 Å². The summed E-state index contributed by atoms with van der Waals surface area (Å²) in [6.07, 6.45) is 5.60. The molecule has 1 saturated carbocycles. The summed E-state index contributed by atoms with van der Waals surface area (Å²) < 4.78 is 6.31. The number of fused-ring (bicyclic) bond motifs is 1. The van der Waals surface area contributed by atoms with E-state index in [0.29, 0.717) is 0 Å². The molecular weight excluding hydrogens is 336 g/mol. The van der Waals surface area contributed by atoms with Gasteiger partial charge in [-0.25, -0.2) is 9.78 Å². The van der Waals surface area contributed by atoms with Crippen molar-refractivity contribution in [2.24, 2.45) is 0 Å². The monoisotopic (exact) mass is 362 g/mol. The molecule has 1 N–H and O–H groups in total. The second-order valence-corrected chi connectivity index (χ2v) is 7.56. The van der Waals surface area contributed by atoms with Crippen LogP contribution in [0.15, 0.2) is 6.33 Å². The molecule has 0 bridgehead atoms. The molecule has 142 valence electrons. The van der Waals surface area contributed by atoms with Crippen LogP contribution in [0.1, 0.15) is 67.4 Å². The molecule has 8 nitrogen and oxygen atoms in total. The summed E-state index contributed by atoms with van der Waals surface area (Å²) in [6, 6.07) is -0.0470. The molecule has 0 radical (unpaired) electrons. The summed E-state index contributed by atoms with van der Waals surface area (Å²) in [5, 5.41) is 3.11. The zero-order valence-electron chi connectivity index (χ0n) is 15.7. The SMILES string of the molecule is COC(=O)c1ncn2c1C(=O)N(C(C)C)C(C)(C(=O)NC1CCCC1)C2. The first-order valence-electron chi connectivity index (χ1n) is 9.07. The minimum atomic E-state index is -1.05. The fraction of sp³-hybridized carbons (Fsp3) is 0.667. The number of methoxy groups -OCH3 is 1. The average Bonchev–Trinajstić information content (AvgIpc) is 3.23. The summed E-state index contributed by atoms with van der Waals surface area (Å²) in [5.74, 6) is -1.20. The van der Waals surface area contributed by atoms with E-state index in [1.54, 1.807) is 16.4 Å². The predicted octanol–water partition coefficient (Wildman–Crippen LogP) is 1.35. The second-order valence-electron chi connectivity index (χ2n) is 7.56. The minimum absolute atomic E-state index is 0.0126. The van der Waals surface area contributed by atoms with Crippen molar-refractivity contribution in [2.45, 2.75) is 70.6 Å². The Hall–Kier alpha value is -2.38. The lowest BCUT2D eigenvalue weighted by molar-refractivity contribution is -0.134. The lowest BCUT2D eigenvalue weighted by Gasteiger charge is -2.46. The number of hydrogen-bond acceptors (Lipinski definition) is 5. The first-order chi connectivity index (χ1) is 12.3. The Balaban J connectivity index is 1.98. The van der Waals surface area contributed by atoms with Crippen LogP contribution < -0.4 is 5.32 Å². The van der Waals surface area contributed by atoms with Crippen LogP contribution in [0.4, 0.5) is 0 Å². The Bertz CT molecular complexity index is 736. The molecule has 2 aliphatic rings. The first-order valence-corrected chi connectivity index (χ1v) is 9.07. The maximum absolute atomic E-state index is 13.2. The fourth-order valence-corrected chi connectivity index (χ4v) is 4.12. The van der Waals surface area contributed by atoms with Gasteiger partial charge in [0.15, 0.2) is 5.69 Å². The van der Waals surface area contributed by atoms with Crippen LogP contribution in [-0.2, 0) is 16.1 Å². The van der Waals surface area contributed by atoms with E-state index in [9.17, 15) is 14.4 Å². The lowest BCUT2D eigenvalue weighted by Crippen LogP contribution is -2.66. The van der Waals surface area contributed by atoms with Crippen LogP contribution in [0.3, 0.4) is 0 Å². The van der Waals surface area contributed by atoms with Crippen LogP contribution >= 0.6 is 0 Å². The molecule has 1 unspecified atom stereocenters. The molecule has 0 spiro atoms. The molecule has 0 saturated heterocycles. The van der Waals surface area contributed by atoms with Crippen molar-refractivity contribution in [3.05, 3.63) is 17.7 Å². The number of esters is 1. The van der Waals surface area contributed by atoms with Crippen molar-refractivity contribution in [1.29, 1.82) is 0 Å². The van der Waals surface area contributed by atoms with Gasteiger partial charge in [-0.05, 0) is 33.6 Å². The molecule has 2 heterocycles. The van der Waals surface area contributed by atoms with Gasteiger partial charge in [0.2, 0.25) is 5.91 Å². The molecule has 2 amide bonds. The quantitative estimate of drug-likeness (QED) is 0.816. The summed E-state index contributed by atoms with van der Waals surface area (Å²) in [7, 11) is 1.25. The van der Waals surface area contributed by atoms with Crippen molar-refractivity contribution >= 4 is 17.8 Å². The molecular formula is C18H26N4O4. The highest BCUT2D eigenvalue weighted by Crippen LogP contribution is 2.31. The molecule has 1 aromatic rings. The third-order valence-electron chi connectivity index (χ3n) is 5.34. The summed E-state index contributed by atoms with van der Waals surface area (Å²) in [5.41, 5.74) is -0.882. The maximum Gasteiger partial charge on any atom is 0.359 e. The number of amides is 2. The van der Waals surface area contributed by atoms with Gasteiger partial charge >= 0.3 is 5.97 Å². The Morgan fingerprint density at radius 2 is 2.00 bits per heavy atom. The van der Waals surface area contributed by atoms with Crippen molar-refractivity contribution in [3.63, 3.8) is 0 Å². The zero-order valence-corrected chi connectivity index (χ0v) is 15.7. The third-order valence-corrected chi connectivity index (χ3v) is 5.34. The molecule has 1 atom stereocenters. The zero-order chi connectivity index (χ0) is 19.1. The van der Waals surface area contributed by atoms with Crippen molar-refractivity contribution < 1.29 is 19.1 Å². The molecule has 0 aromatic carbocycles. The third kappa shape index (κ3) is 2.87. The van der Waals surface area contributed by atoms with E-state index < -0.39 is 11.5 Å². The van der Waals surface area contributed by atoms with Gasteiger partial charge in [-0.3, -0.25) is 9.59 Å². The Labute approximate surface area is 152 Å². The van der Waals surface area contributed by atoms with Gasteiger partial charge in [0.25, 0.3) is 5.91 Å². The van der Waals surface area contributed by atoms with Crippen molar-refractivity contribution in [2.75, 3.05) is 7.11 Å². The molecule has 1 aromatic heterocycles. The molecule has 1 aliphatic carbocycles. The van der Waals surface area contributed by atoms with Gasteiger partial charge < -0.3 is 19.5 Å². The van der Waals surface area contributed by atoms with Gasteiger partial charge in [0.1, 0.15) is 11.2 Å². The second kappa shape index (κ2) is 6.74. The molecule has 8 heteroatoms. The van der Waals surface area contributed by atoms with Gasteiger partial charge in [0.05, 0.1) is 20.0 Å². The normalized spacial score (nSPS) is 23.3. The largest absolute Gasteiger partial charge is 0.464 e. The van der Waals surface area contributed by atoms with E-state index in [1.165, 1.54) is 13.4 Å². The number of carbonyl (C=O) groups excluding carboxylic acids is 3. The van der Waals surface area contributed by atoms with Crippen LogP contribution in [0.2, 0.25) is 0 Å². The Kier molecular flexibility index (Phi) is 4.77. The molecule has 1 fully saturated rings. The number of nitrogens with zero attached hydrogens (tertiary/aromatic N) is 3. The number of aromatic nitrogens is 2. The van der Waals surface area contributed by atoms with E-state index in [2.05, 4.69) is 10.3 Å². The molecule has 1 aliphatic heterocycles. The Morgan fingerprint density at radius 3 is 2.58 bits per heavy atom. The predicted molar refractivity (Wildman–Crippen MR) is 93.7 cm³/mol. The van der Waals surface area contributed by atoms with Crippen molar-refractivity contribution in [3.8, 4) is 0 Å². The van der Waals surface area contributed by atoms with Crippen molar-refractivity contribution in [1.82, 2.24) is 19.8 Å². The molecule has 26 heavy (non-hydrogen) atoms. The van der Waals surface area contributed by atoms with E-state index >= 15 is 0 Å². The van der Waals surface area contributed by atoms with E-state index in [-0.39, 0.29) is 41.8 Å². The van der Waals surface area contributed by atoms with E-state index in [4.69, 9.17) is 4.74 Å². The average molecular weight is 362 g/mol. The standard InChI is InChI=1S/C18H26N4O4/c1-11(2)22-15(23)14-13(16(24)26-4)19-10-21(14)9-18(22,3)17(25)20-12-7-5-6-8-12/h10-12H,5-9H2,1-4H3,(H,20,25). The van der Waals surface area contributed by atoms with Crippen LogP contribution in [0.25, 0.3) is 0 Å².